The van der Waals surface area contributed by atoms with Gasteiger partial charge >= 0.3 is 0 Å². The van der Waals surface area contributed by atoms with Crippen LogP contribution in [0.1, 0.15) is 1.37 Å². The predicted octanol–water partition coefficient (Wildman–Crippen LogP) is 0.446. The Kier molecular flexibility index (Phi) is 1.04. The number of hydrogen-bond donors (Lipinski definition) is 2. The zero-order valence-electron chi connectivity index (χ0n) is 6.66. The fourth-order valence-electron chi connectivity index (χ4n) is 0.924. The molecular formula is C7H7N3O. The first-order valence-electron chi connectivity index (χ1n) is 3.80. The first-order chi connectivity index (χ1) is 5.77. The van der Waals surface area contributed by atoms with E-state index in [0.717, 1.165) is 0 Å². The van der Waals surface area contributed by atoms with Crippen molar-refractivity contribution in [3.63, 3.8) is 0 Å². The summed E-state index contributed by atoms with van der Waals surface area (Å²) in [5, 5.41) is 5.21. The van der Waals surface area contributed by atoms with Gasteiger partial charge in [-0.25, -0.2) is 4.98 Å². The zero-order chi connectivity index (χ0) is 8.55. The molecule has 0 radical (unpaired) electrons. The van der Waals surface area contributed by atoms with Gasteiger partial charge in [0.1, 0.15) is 5.82 Å². The number of aromatic nitrogens is 1. The topological polar surface area (TPSA) is 54.0 Å². The number of hydrogen-bond acceptors (Lipinski definition) is 3. The van der Waals surface area contributed by atoms with Crippen LogP contribution in [0.4, 0.5) is 11.5 Å². The molecule has 0 unspecified atom stereocenters. The number of pyridine rings is 1. The highest BCUT2D eigenvalue weighted by atomic mass is 16.2. The summed E-state index contributed by atoms with van der Waals surface area (Å²) in [7, 11) is 0. The molecule has 1 aliphatic heterocycles. The summed E-state index contributed by atoms with van der Waals surface area (Å²) >= 11 is 0. The van der Waals surface area contributed by atoms with E-state index in [2.05, 4.69) is 15.6 Å². The molecule has 56 valence electrons. The van der Waals surface area contributed by atoms with Crippen molar-refractivity contribution in [2.45, 2.75) is 0 Å². The van der Waals surface area contributed by atoms with Gasteiger partial charge < -0.3 is 10.6 Å². The highest BCUT2D eigenvalue weighted by Gasteiger charge is 2.12. The Bertz CT molecular complexity index is 328. The van der Waals surface area contributed by atoms with Crippen molar-refractivity contribution in [1.82, 2.24) is 4.98 Å². The summed E-state index contributed by atoms with van der Waals surface area (Å²) < 4.78 is 7.25. The summed E-state index contributed by atoms with van der Waals surface area (Å²) in [6.07, 6.45) is 1.61. The molecule has 1 amide bonds. The molecular weight excluding hydrogens is 142 g/mol. The summed E-state index contributed by atoms with van der Waals surface area (Å²) in [6.45, 7) is -0.951. The van der Waals surface area contributed by atoms with E-state index in [9.17, 15) is 4.79 Å². The van der Waals surface area contributed by atoms with E-state index in [-0.39, 0.29) is 5.91 Å². The van der Waals surface area contributed by atoms with Crippen molar-refractivity contribution in [2.75, 3.05) is 17.2 Å². The van der Waals surface area contributed by atoms with Crippen LogP contribution in [0.5, 0.6) is 0 Å². The van der Waals surface area contributed by atoms with Gasteiger partial charge in [-0.05, 0) is 12.1 Å². The largest absolute Gasteiger partial charge is 0.359 e. The van der Waals surface area contributed by atoms with E-state index in [1.54, 1.807) is 18.3 Å². The first-order valence-corrected chi connectivity index (χ1v) is 3.22. The second kappa shape index (κ2) is 2.23. The van der Waals surface area contributed by atoms with Crippen LogP contribution in [0, 0.1) is 0 Å². The Morgan fingerprint density at radius 1 is 1.73 bits per heavy atom. The number of carbonyl (C=O) groups is 1. The van der Waals surface area contributed by atoms with Crippen molar-refractivity contribution in [3.8, 4) is 0 Å². The Morgan fingerprint density at radius 2 is 2.64 bits per heavy atom. The normalized spacial score (nSPS) is 22.7. The van der Waals surface area contributed by atoms with Gasteiger partial charge in [0, 0.05) is 6.20 Å². The van der Waals surface area contributed by atoms with E-state index in [4.69, 9.17) is 1.37 Å². The molecule has 0 aliphatic carbocycles. The SMILES string of the molecule is [2H][C@@H]1Nc2ncccc2NC1=O. The Labute approximate surface area is 65.0 Å². The van der Waals surface area contributed by atoms with Crippen molar-refractivity contribution in [3.05, 3.63) is 18.3 Å². The molecule has 0 fully saturated rings. The third-order valence-corrected chi connectivity index (χ3v) is 1.41. The molecule has 4 heteroatoms. The number of anilines is 2. The summed E-state index contributed by atoms with van der Waals surface area (Å²) in [6, 6.07) is 3.46. The molecule has 2 N–H and O–H groups in total. The molecule has 11 heavy (non-hydrogen) atoms. The minimum absolute atomic E-state index is 0.351. The quantitative estimate of drug-likeness (QED) is 0.564. The van der Waals surface area contributed by atoms with Crippen molar-refractivity contribution in [1.29, 1.82) is 0 Å². The van der Waals surface area contributed by atoms with Crippen LogP contribution in [0.25, 0.3) is 0 Å². The molecule has 0 aromatic carbocycles. The maximum atomic E-state index is 11.0. The van der Waals surface area contributed by atoms with Crippen molar-refractivity contribution >= 4 is 17.4 Å². The fraction of sp³-hybridized carbons (Fsp3) is 0.143. The van der Waals surface area contributed by atoms with Crippen LogP contribution in [0.15, 0.2) is 18.3 Å². The number of fused-ring (bicyclic) bond motifs is 1. The standard InChI is InChI=1S/C7H7N3O/c11-6-4-9-7-5(10-6)2-1-3-8-7/h1-3H,4H2,(H,8,9)(H,10,11)/i4D/t4-/m0/s1. The van der Waals surface area contributed by atoms with Gasteiger partial charge in [0.15, 0.2) is 0 Å². The van der Waals surface area contributed by atoms with Crippen LogP contribution < -0.4 is 10.6 Å². The lowest BCUT2D eigenvalue weighted by atomic mass is 10.3. The lowest BCUT2D eigenvalue weighted by Crippen LogP contribution is -2.27. The smallest absolute Gasteiger partial charge is 0.243 e. The van der Waals surface area contributed by atoms with Crippen LogP contribution >= 0.6 is 0 Å². The predicted molar refractivity (Wildman–Crippen MR) is 41.4 cm³/mol. The van der Waals surface area contributed by atoms with Crippen molar-refractivity contribution in [2.24, 2.45) is 0 Å². The van der Waals surface area contributed by atoms with Gasteiger partial charge in [-0.2, -0.15) is 0 Å². The highest BCUT2D eigenvalue weighted by molar-refractivity contribution is 5.99. The zero-order valence-corrected chi connectivity index (χ0v) is 5.66. The highest BCUT2D eigenvalue weighted by Crippen LogP contribution is 2.19. The number of nitrogens with zero attached hydrogens (tertiary/aromatic N) is 1. The molecule has 0 bridgehead atoms. The number of rotatable bonds is 0. The van der Waals surface area contributed by atoms with E-state index in [1.165, 1.54) is 0 Å². The number of carbonyl (C=O) groups excluding carboxylic acids is 1. The van der Waals surface area contributed by atoms with Crippen LogP contribution in [-0.2, 0) is 4.79 Å². The van der Waals surface area contributed by atoms with Gasteiger partial charge in [-0.3, -0.25) is 4.79 Å². The van der Waals surface area contributed by atoms with Crippen LogP contribution in [0.3, 0.4) is 0 Å². The molecule has 0 saturated heterocycles. The second-order valence-corrected chi connectivity index (χ2v) is 2.18. The molecule has 4 nitrogen and oxygen atoms in total. The minimum Gasteiger partial charge on any atom is -0.359 e. The van der Waals surface area contributed by atoms with Gasteiger partial charge in [0.25, 0.3) is 0 Å². The molecule has 1 aliphatic rings. The van der Waals surface area contributed by atoms with Crippen LogP contribution in [0.2, 0.25) is 0 Å². The van der Waals surface area contributed by atoms with E-state index in [1.807, 2.05) is 0 Å². The van der Waals surface area contributed by atoms with Gasteiger partial charge in [0.2, 0.25) is 5.91 Å². The third kappa shape index (κ3) is 1.02. The fourth-order valence-corrected chi connectivity index (χ4v) is 0.924. The molecule has 2 heterocycles. The Morgan fingerprint density at radius 3 is 3.55 bits per heavy atom. The molecule has 1 atom stereocenters. The maximum Gasteiger partial charge on any atom is 0.243 e. The monoisotopic (exact) mass is 150 g/mol. The Hall–Kier alpha value is -1.58. The lowest BCUT2D eigenvalue weighted by Gasteiger charge is -2.16. The van der Waals surface area contributed by atoms with Crippen LogP contribution in [-0.4, -0.2) is 17.4 Å². The van der Waals surface area contributed by atoms with Gasteiger partial charge in [0.05, 0.1) is 13.6 Å². The average Bonchev–Trinajstić information content (AvgIpc) is 2.07. The van der Waals surface area contributed by atoms with Crippen molar-refractivity contribution < 1.29 is 6.17 Å². The maximum absolute atomic E-state index is 11.0. The second-order valence-electron chi connectivity index (χ2n) is 2.18. The lowest BCUT2D eigenvalue weighted by molar-refractivity contribution is -0.114. The number of nitrogens with one attached hydrogen (secondary N) is 2. The molecule has 1 aromatic heterocycles. The molecule has 2 rings (SSSR count). The van der Waals surface area contributed by atoms with Gasteiger partial charge in [-0.15, -0.1) is 0 Å². The molecule has 0 saturated carbocycles. The minimum atomic E-state index is -0.951. The number of amides is 1. The third-order valence-electron chi connectivity index (χ3n) is 1.41. The molecule has 0 spiro atoms. The average molecular weight is 150 g/mol. The van der Waals surface area contributed by atoms with Gasteiger partial charge in [-0.1, -0.05) is 0 Å². The Balaban J connectivity index is 2.40. The summed E-state index contributed by atoms with van der Waals surface area (Å²) in [5.74, 6) is 0.201. The first kappa shape index (κ1) is 5.12. The summed E-state index contributed by atoms with van der Waals surface area (Å²) in [4.78, 5) is 14.9. The van der Waals surface area contributed by atoms with E-state index >= 15 is 0 Å². The van der Waals surface area contributed by atoms with E-state index in [0.29, 0.717) is 11.5 Å². The van der Waals surface area contributed by atoms with E-state index < -0.39 is 6.52 Å². The summed E-state index contributed by atoms with van der Waals surface area (Å²) in [5.41, 5.74) is 0.631. The molecule has 1 aromatic rings.